The first-order valence-electron chi connectivity index (χ1n) is 4.46. The lowest BCUT2D eigenvalue weighted by Crippen LogP contribution is -2.14. The Balaban J connectivity index is 2.26. The van der Waals surface area contributed by atoms with Crippen LogP contribution in [0.15, 0.2) is 24.0 Å². The summed E-state index contributed by atoms with van der Waals surface area (Å²) in [6.07, 6.45) is 8.69. The van der Waals surface area contributed by atoms with E-state index < -0.39 is 0 Å². The minimum Gasteiger partial charge on any atom is -0.497 e. The van der Waals surface area contributed by atoms with Crippen molar-refractivity contribution < 1.29 is 9.47 Å². The van der Waals surface area contributed by atoms with Gasteiger partial charge in [0.25, 0.3) is 0 Å². The van der Waals surface area contributed by atoms with Crippen molar-refractivity contribution in [2.75, 3.05) is 20.3 Å². The third-order valence-electron chi connectivity index (χ3n) is 1.78. The van der Waals surface area contributed by atoms with Gasteiger partial charge in [0, 0.05) is 7.11 Å². The molecule has 0 fully saturated rings. The predicted octanol–water partition coefficient (Wildman–Crippen LogP) is 1.02. The smallest absolute Gasteiger partial charge is 0.103 e. The number of allylic oxidation sites excluding steroid dienone is 2. The lowest BCUT2D eigenvalue weighted by Gasteiger charge is -2.17. The standard InChI is InChI=1S/C10H16NO2/c1-12-9-4-2-5-10(8-9)13-7-3-6-11/h2,4-5,8-9H,3,6-7,11H2,1H3/t9-/m1/s1. The van der Waals surface area contributed by atoms with Crippen molar-refractivity contribution in [3.63, 3.8) is 0 Å². The average molecular weight is 182 g/mol. The van der Waals surface area contributed by atoms with Gasteiger partial charge >= 0.3 is 0 Å². The summed E-state index contributed by atoms with van der Waals surface area (Å²) in [5, 5.41) is 0. The maximum absolute atomic E-state index is 5.45. The van der Waals surface area contributed by atoms with Crippen LogP contribution in [0.3, 0.4) is 0 Å². The Bertz CT molecular complexity index is 199. The minimum atomic E-state index is 0.0397. The largest absolute Gasteiger partial charge is 0.497 e. The lowest BCUT2D eigenvalue weighted by atomic mass is 10.1. The molecular formula is C10H16NO2. The van der Waals surface area contributed by atoms with Gasteiger partial charge in [-0.15, -0.1) is 0 Å². The molecule has 0 amide bonds. The van der Waals surface area contributed by atoms with E-state index in [0.29, 0.717) is 13.2 Å². The first-order chi connectivity index (χ1) is 6.36. The first-order valence-corrected chi connectivity index (χ1v) is 4.46. The zero-order valence-corrected chi connectivity index (χ0v) is 7.90. The third-order valence-corrected chi connectivity index (χ3v) is 1.78. The maximum Gasteiger partial charge on any atom is 0.103 e. The molecule has 73 valence electrons. The summed E-state index contributed by atoms with van der Waals surface area (Å²) in [6.45, 7) is 1.33. The average Bonchev–Trinajstić information content (AvgIpc) is 2.19. The highest BCUT2D eigenvalue weighted by Gasteiger charge is 2.11. The maximum atomic E-state index is 5.45. The van der Waals surface area contributed by atoms with Crippen LogP contribution in [-0.2, 0) is 9.47 Å². The van der Waals surface area contributed by atoms with Crippen molar-refractivity contribution in [1.82, 2.24) is 0 Å². The van der Waals surface area contributed by atoms with Gasteiger partial charge in [-0.05, 0) is 19.0 Å². The van der Waals surface area contributed by atoms with E-state index in [2.05, 4.69) is 0 Å². The molecule has 0 heterocycles. The zero-order valence-electron chi connectivity index (χ0n) is 7.90. The van der Waals surface area contributed by atoms with E-state index in [-0.39, 0.29) is 6.10 Å². The topological polar surface area (TPSA) is 44.5 Å². The summed E-state index contributed by atoms with van der Waals surface area (Å²) in [7, 11) is 1.67. The Kier molecular flexibility index (Phi) is 4.57. The fraction of sp³-hybridized carbons (Fsp3) is 0.500. The van der Waals surface area contributed by atoms with Crippen LogP contribution in [0.5, 0.6) is 0 Å². The van der Waals surface area contributed by atoms with Crippen LogP contribution in [0.1, 0.15) is 6.42 Å². The van der Waals surface area contributed by atoms with Crippen LogP contribution in [-0.4, -0.2) is 26.4 Å². The molecule has 1 radical (unpaired) electrons. The van der Waals surface area contributed by atoms with E-state index in [0.717, 1.165) is 12.2 Å². The number of hydrogen-bond donors (Lipinski definition) is 1. The Morgan fingerprint density at radius 1 is 1.54 bits per heavy atom. The number of nitrogens with two attached hydrogens (primary N) is 1. The molecule has 0 spiro atoms. The molecule has 0 aromatic carbocycles. The van der Waals surface area contributed by atoms with Crippen LogP contribution < -0.4 is 5.73 Å². The Morgan fingerprint density at radius 3 is 3.08 bits per heavy atom. The summed E-state index contributed by atoms with van der Waals surface area (Å²) in [4.78, 5) is 0. The second-order valence-corrected chi connectivity index (χ2v) is 2.81. The molecule has 2 N–H and O–H groups in total. The van der Waals surface area contributed by atoms with Crippen LogP contribution in [0.25, 0.3) is 0 Å². The fourth-order valence-corrected chi connectivity index (χ4v) is 1.05. The van der Waals surface area contributed by atoms with Crippen LogP contribution in [0.2, 0.25) is 0 Å². The van der Waals surface area contributed by atoms with E-state index >= 15 is 0 Å². The second kappa shape index (κ2) is 5.78. The van der Waals surface area contributed by atoms with Gasteiger partial charge in [-0.1, -0.05) is 12.2 Å². The quantitative estimate of drug-likeness (QED) is 0.646. The summed E-state index contributed by atoms with van der Waals surface area (Å²) in [5.41, 5.74) is 5.35. The van der Waals surface area contributed by atoms with Gasteiger partial charge in [0.1, 0.15) is 5.76 Å². The van der Waals surface area contributed by atoms with Crippen LogP contribution >= 0.6 is 0 Å². The van der Waals surface area contributed by atoms with Crippen molar-refractivity contribution in [2.45, 2.75) is 12.5 Å². The molecule has 1 rings (SSSR count). The van der Waals surface area contributed by atoms with Gasteiger partial charge in [0.15, 0.2) is 0 Å². The molecule has 0 bridgehead atoms. The van der Waals surface area contributed by atoms with Gasteiger partial charge in [-0.25, -0.2) is 0 Å². The first kappa shape index (κ1) is 10.3. The molecule has 3 heteroatoms. The normalized spacial score (nSPS) is 21.4. The Morgan fingerprint density at radius 2 is 2.38 bits per heavy atom. The van der Waals surface area contributed by atoms with E-state index in [1.54, 1.807) is 7.11 Å². The highest BCUT2D eigenvalue weighted by Crippen LogP contribution is 2.14. The number of rotatable bonds is 5. The van der Waals surface area contributed by atoms with Crippen molar-refractivity contribution in [1.29, 1.82) is 0 Å². The molecule has 1 aliphatic carbocycles. The number of methoxy groups -OCH3 is 1. The Hall–Kier alpha value is -0.800. The molecule has 0 aromatic rings. The molecule has 1 aliphatic rings. The number of ether oxygens (including phenoxy) is 2. The molecular weight excluding hydrogens is 166 g/mol. The minimum absolute atomic E-state index is 0.0397. The van der Waals surface area contributed by atoms with Gasteiger partial charge in [-0.3, -0.25) is 0 Å². The van der Waals surface area contributed by atoms with Crippen molar-refractivity contribution in [3.05, 3.63) is 30.4 Å². The molecule has 0 unspecified atom stereocenters. The van der Waals surface area contributed by atoms with E-state index in [1.165, 1.54) is 0 Å². The zero-order chi connectivity index (χ0) is 9.52. The Labute approximate surface area is 79.2 Å². The highest BCUT2D eigenvalue weighted by molar-refractivity contribution is 5.25. The van der Waals surface area contributed by atoms with E-state index in [9.17, 15) is 0 Å². The summed E-state index contributed by atoms with van der Waals surface area (Å²) in [6, 6.07) is 0. The summed E-state index contributed by atoms with van der Waals surface area (Å²) < 4.78 is 10.6. The van der Waals surface area contributed by atoms with Gasteiger partial charge in [-0.2, -0.15) is 0 Å². The molecule has 1 atom stereocenters. The van der Waals surface area contributed by atoms with Gasteiger partial charge in [0.05, 0.1) is 19.1 Å². The van der Waals surface area contributed by atoms with E-state index in [1.807, 2.05) is 24.6 Å². The number of hydrogen-bond acceptors (Lipinski definition) is 3. The van der Waals surface area contributed by atoms with Crippen LogP contribution in [0, 0.1) is 6.42 Å². The lowest BCUT2D eigenvalue weighted by molar-refractivity contribution is 0.145. The van der Waals surface area contributed by atoms with Crippen molar-refractivity contribution >= 4 is 0 Å². The molecule has 0 aromatic heterocycles. The van der Waals surface area contributed by atoms with Crippen molar-refractivity contribution in [2.24, 2.45) is 5.73 Å². The van der Waals surface area contributed by atoms with Gasteiger partial charge in [0.2, 0.25) is 0 Å². The van der Waals surface area contributed by atoms with Gasteiger partial charge < -0.3 is 15.2 Å². The second-order valence-electron chi connectivity index (χ2n) is 2.81. The molecule has 3 nitrogen and oxygen atoms in total. The third kappa shape index (κ3) is 3.61. The fourth-order valence-electron chi connectivity index (χ4n) is 1.05. The summed E-state index contributed by atoms with van der Waals surface area (Å²) >= 11 is 0. The van der Waals surface area contributed by atoms with E-state index in [4.69, 9.17) is 15.2 Å². The summed E-state index contributed by atoms with van der Waals surface area (Å²) in [5.74, 6) is 0.864. The molecule has 0 saturated heterocycles. The molecule has 0 aliphatic heterocycles. The predicted molar refractivity (Wildman–Crippen MR) is 51.9 cm³/mol. The van der Waals surface area contributed by atoms with Crippen LogP contribution in [0.4, 0.5) is 0 Å². The monoisotopic (exact) mass is 182 g/mol. The van der Waals surface area contributed by atoms with Crippen molar-refractivity contribution in [3.8, 4) is 0 Å². The molecule has 0 saturated carbocycles. The SMILES string of the molecule is CO[C@H]1[CH]C(OCCCN)=CC=C1. The highest BCUT2D eigenvalue weighted by atomic mass is 16.5. The molecule has 13 heavy (non-hydrogen) atoms.